The van der Waals surface area contributed by atoms with Crippen molar-refractivity contribution in [3.05, 3.63) is 0 Å². The lowest BCUT2D eigenvalue weighted by Gasteiger charge is -2.24. The molecule has 1 rings (SSSR count). The second-order valence-electron chi connectivity index (χ2n) is 4.40. The number of rotatable bonds is 10. The molecule has 0 aromatic carbocycles. The normalized spacial score (nSPS) is 24.4. The van der Waals surface area contributed by atoms with Crippen LogP contribution in [0.1, 0.15) is 12.8 Å². The van der Waals surface area contributed by atoms with Crippen LogP contribution in [0.15, 0.2) is 0 Å². The summed E-state index contributed by atoms with van der Waals surface area (Å²) in [4.78, 5) is 0. The van der Waals surface area contributed by atoms with Crippen molar-refractivity contribution in [1.29, 1.82) is 0 Å². The van der Waals surface area contributed by atoms with Crippen LogP contribution in [0.5, 0.6) is 0 Å². The van der Waals surface area contributed by atoms with E-state index in [0.717, 1.165) is 38.0 Å². The smallest absolute Gasteiger partial charge is 0.0701 e. The largest absolute Gasteiger partial charge is 0.382 e. The fraction of sp³-hybridized carbons (Fsp3) is 1.00. The molecule has 0 amide bonds. The highest BCUT2D eigenvalue weighted by Crippen LogP contribution is 2.34. The second kappa shape index (κ2) is 9.28. The summed E-state index contributed by atoms with van der Waals surface area (Å²) in [5, 5.41) is 0.994. The molecule has 0 bridgehead atoms. The van der Waals surface area contributed by atoms with Gasteiger partial charge < -0.3 is 18.9 Å². The molecule has 4 nitrogen and oxygen atoms in total. The van der Waals surface area contributed by atoms with E-state index in [1.54, 1.807) is 7.11 Å². The van der Waals surface area contributed by atoms with Crippen molar-refractivity contribution in [3.8, 4) is 0 Å². The molecule has 5 heteroatoms. The molecule has 17 heavy (non-hydrogen) atoms. The Bertz CT molecular complexity index is 183. The lowest BCUT2D eigenvalue weighted by molar-refractivity contribution is 0.0170. The van der Waals surface area contributed by atoms with Gasteiger partial charge in [-0.2, -0.15) is 0 Å². The van der Waals surface area contributed by atoms with E-state index < -0.39 is 0 Å². The summed E-state index contributed by atoms with van der Waals surface area (Å²) in [5.41, 5.74) is 0.289. The fourth-order valence-corrected chi connectivity index (χ4v) is 2.49. The van der Waals surface area contributed by atoms with E-state index in [1.165, 1.54) is 0 Å². The zero-order chi connectivity index (χ0) is 12.4. The van der Waals surface area contributed by atoms with Gasteiger partial charge in [-0.25, -0.2) is 0 Å². The van der Waals surface area contributed by atoms with Crippen LogP contribution in [0.2, 0.25) is 0 Å². The van der Waals surface area contributed by atoms with Crippen molar-refractivity contribution in [2.24, 2.45) is 5.41 Å². The molecule has 1 heterocycles. The Kier molecular flexibility index (Phi) is 8.39. The monoisotopic (exact) mass is 310 g/mol. The van der Waals surface area contributed by atoms with Gasteiger partial charge >= 0.3 is 0 Å². The minimum atomic E-state index is 0.289. The average Bonchev–Trinajstić information content (AvgIpc) is 2.82. The Labute approximate surface area is 112 Å². The van der Waals surface area contributed by atoms with E-state index in [1.807, 2.05) is 0 Å². The van der Waals surface area contributed by atoms with Crippen LogP contribution >= 0.6 is 15.9 Å². The van der Waals surface area contributed by atoms with Crippen molar-refractivity contribution in [1.82, 2.24) is 0 Å². The summed E-state index contributed by atoms with van der Waals surface area (Å²) in [6, 6.07) is 0. The van der Waals surface area contributed by atoms with Gasteiger partial charge in [0.15, 0.2) is 0 Å². The van der Waals surface area contributed by atoms with Gasteiger partial charge in [0.25, 0.3) is 0 Å². The lowest BCUT2D eigenvalue weighted by atomic mass is 9.87. The van der Waals surface area contributed by atoms with Gasteiger partial charge in [0.1, 0.15) is 0 Å². The summed E-state index contributed by atoms with van der Waals surface area (Å²) in [5.74, 6) is 0. The first-order valence-corrected chi connectivity index (χ1v) is 7.23. The number of methoxy groups -OCH3 is 1. The lowest BCUT2D eigenvalue weighted by Crippen LogP contribution is -2.25. The average molecular weight is 311 g/mol. The molecule has 1 fully saturated rings. The van der Waals surface area contributed by atoms with E-state index in [0.29, 0.717) is 26.4 Å². The van der Waals surface area contributed by atoms with Crippen molar-refractivity contribution < 1.29 is 18.9 Å². The molecule has 0 radical (unpaired) electrons. The topological polar surface area (TPSA) is 36.9 Å². The van der Waals surface area contributed by atoms with Gasteiger partial charge in [-0.15, -0.1) is 0 Å². The van der Waals surface area contributed by atoms with Gasteiger partial charge in [-0.3, -0.25) is 0 Å². The molecule has 1 unspecified atom stereocenters. The van der Waals surface area contributed by atoms with Crippen LogP contribution in [0.3, 0.4) is 0 Å². The van der Waals surface area contributed by atoms with E-state index in [-0.39, 0.29) is 5.41 Å². The number of hydrogen-bond donors (Lipinski definition) is 0. The molecule has 0 saturated carbocycles. The summed E-state index contributed by atoms with van der Waals surface area (Å²) >= 11 is 3.57. The highest BCUT2D eigenvalue weighted by molar-refractivity contribution is 9.09. The quantitative estimate of drug-likeness (QED) is 0.456. The van der Waals surface area contributed by atoms with Gasteiger partial charge in [0.05, 0.1) is 33.0 Å². The van der Waals surface area contributed by atoms with E-state index in [9.17, 15) is 0 Å². The second-order valence-corrected chi connectivity index (χ2v) is 4.96. The van der Waals surface area contributed by atoms with Crippen molar-refractivity contribution >= 4 is 15.9 Å². The Hall–Kier alpha value is 0.320. The number of ether oxygens (including phenoxy) is 4. The third-order valence-corrected chi connectivity index (χ3v) is 4.24. The van der Waals surface area contributed by atoms with E-state index >= 15 is 0 Å². The fourth-order valence-electron chi connectivity index (χ4n) is 1.77. The summed E-state index contributed by atoms with van der Waals surface area (Å²) in [6.07, 6.45) is 2.18. The molecule has 0 aromatic rings. The van der Waals surface area contributed by atoms with Gasteiger partial charge in [0.2, 0.25) is 0 Å². The molecular formula is C12H23BrO4. The Balaban J connectivity index is 1.92. The Morgan fingerprint density at radius 2 is 1.82 bits per heavy atom. The third-order valence-electron chi connectivity index (χ3n) is 3.05. The van der Waals surface area contributed by atoms with Crippen molar-refractivity contribution in [2.45, 2.75) is 12.8 Å². The maximum atomic E-state index is 5.56. The standard InChI is InChI=1S/C12H23BrO4/c1-14-6-7-16-9-8-15-4-2-12(10-13)3-5-17-11-12/h2-11H2,1H3. The SMILES string of the molecule is COCCOCCOCCC1(CBr)CCOC1. The minimum absolute atomic E-state index is 0.289. The van der Waals surface area contributed by atoms with Crippen LogP contribution in [0.4, 0.5) is 0 Å². The molecule has 1 atom stereocenters. The summed E-state index contributed by atoms with van der Waals surface area (Å²) in [6.45, 7) is 5.09. The molecule has 0 aromatic heterocycles. The van der Waals surface area contributed by atoms with Crippen LogP contribution < -0.4 is 0 Å². The molecule has 1 saturated heterocycles. The van der Waals surface area contributed by atoms with Crippen LogP contribution in [0, 0.1) is 5.41 Å². The molecule has 0 aliphatic carbocycles. The first-order valence-electron chi connectivity index (χ1n) is 6.11. The van der Waals surface area contributed by atoms with Gasteiger partial charge in [-0.1, -0.05) is 15.9 Å². The molecule has 0 spiro atoms. The van der Waals surface area contributed by atoms with Gasteiger partial charge in [-0.05, 0) is 12.8 Å². The third kappa shape index (κ3) is 6.15. The molecular weight excluding hydrogens is 288 g/mol. The van der Waals surface area contributed by atoms with Gasteiger partial charge in [0, 0.05) is 31.1 Å². The first-order chi connectivity index (χ1) is 8.33. The summed E-state index contributed by atoms with van der Waals surface area (Å²) < 4.78 is 21.2. The predicted molar refractivity (Wildman–Crippen MR) is 69.8 cm³/mol. The molecule has 102 valence electrons. The first kappa shape index (κ1) is 15.4. The van der Waals surface area contributed by atoms with Crippen LogP contribution in [0.25, 0.3) is 0 Å². The number of alkyl halides is 1. The van der Waals surface area contributed by atoms with Crippen molar-refractivity contribution in [2.75, 3.05) is 58.7 Å². The maximum absolute atomic E-state index is 5.56. The highest BCUT2D eigenvalue weighted by atomic mass is 79.9. The number of hydrogen-bond acceptors (Lipinski definition) is 4. The van der Waals surface area contributed by atoms with E-state index in [2.05, 4.69) is 15.9 Å². The zero-order valence-electron chi connectivity index (χ0n) is 10.6. The minimum Gasteiger partial charge on any atom is -0.382 e. The molecule has 0 N–H and O–H groups in total. The van der Waals surface area contributed by atoms with Crippen LogP contribution in [-0.2, 0) is 18.9 Å². The molecule has 1 aliphatic rings. The Morgan fingerprint density at radius 3 is 2.41 bits per heavy atom. The van der Waals surface area contributed by atoms with E-state index in [4.69, 9.17) is 18.9 Å². The molecule has 1 aliphatic heterocycles. The predicted octanol–water partition coefficient (Wildman–Crippen LogP) is 1.86. The number of halogens is 1. The zero-order valence-corrected chi connectivity index (χ0v) is 12.2. The van der Waals surface area contributed by atoms with Crippen molar-refractivity contribution in [3.63, 3.8) is 0 Å². The highest BCUT2D eigenvalue weighted by Gasteiger charge is 2.33. The summed E-state index contributed by atoms with van der Waals surface area (Å²) in [7, 11) is 1.67. The Morgan fingerprint density at radius 1 is 1.12 bits per heavy atom. The maximum Gasteiger partial charge on any atom is 0.0701 e. The van der Waals surface area contributed by atoms with Crippen LogP contribution in [-0.4, -0.2) is 58.7 Å².